The Bertz CT molecular complexity index is 342. The second-order valence-electron chi connectivity index (χ2n) is 4.59. The Balaban J connectivity index is 2.57. The lowest BCUT2D eigenvalue weighted by atomic mass is 10.1. The predicted molar refractivity (Wildman–Crippen MR) is 74.1 cm³/mol. The third kappa shape index (κ3) is 4.57. The van der Waals surface area contributed by atoms with E-state index in [2.05, 4.69) is 19.2 Å². The Hall–Kier alpha value is -0.730. The van der Waals surface area contributed by atoms with E-state index < -0.39 is 0 Å². The molecule has 1 unspecified atom stereocenters. The van der Waals surface area contributed by atoms with E-state index in [-0.39, 0.29) is 0 Å². The van der Waals surface area contributed by atoms with Crippen molar-refractivity contribution < 1.29 is 4.74 Å². The van der Waals surface area contributed by atoms with Gasteiger partial charge in [-0.1, -0.05) is 25.4 Å². The Kier molecular flexibility index (Phi) is 5.79. The lowest BCUT2D eigenvalue weighted by Crippen LogP contribution is -2.24. The van der Waals surface area contributed by atoms with Gasteiger partial charge in [-0.3, -0.25) is 0 Å². The minimum atomic E-state index is 0.504. The van der Waals surface area contributed by atoms with Gasteiger partial charge in [0.2, 0.25) is 0 Å². The molecule has 0 saturated carbocycles. The lowest BCUT2D eigenvalue weighted by molar-refractivity contribution is 0.253. The zero-order valence-corrected chi connectivity index (χ0v) is 11.9. The summed E-state index contributed by atoms with van der Waals surface area (Å²) in [5.74, 6) is 1.47. The Morgan fingerprint density at radius 2 is 1.88 bits per heavy atom. The van der Waals surface area contributed by atoms with E-state index in [1.807, 2.05) is 26.0 Å². The largest absolute Gasteiger partial charge is 0.493 e. The summed E-state index contributed by atoms with van der Waals surface area (Å²) in [6, 6.07) is 3.89. The Morgan fingerprint density at radius 1 is 1.29 bits per heavy atom. The summed E-state index contributed by atoms with van der Waals surface area (Å²) in [7, 11) is 0. The first-order chi connectivity index (χ1) is 8.04. The number of ether oxygens (including phenoxy) is 1. The van der Waals surface area contributed by atoms with Gasteiger partial charge in [-0.2, -0.15) is 0 Å². The molecule has 0 fully saturated rings. The molecule has 96 valence electrons. The second-order valence-corrected chi connectivity index (χ2v) is 5.03. The van der Waals surface area contributed by atoms with Crippen molar-refractivity contribution >= 4 is 11.6 Å². The highest BCUT2D eigenvalue weighted by Crippen LogP contribution is 2.27. The maximum Gasteiger partial charge on any atom is 0.125 e. The predicted octanol–water partition coefficient (Wildman–Crippen LogP) is 3.58. The smallest absolute Gasteiger partial charge is 0.125 e. The van der Waals surface area contributed by atoms with Gasteiger partial charge in [-0.05, 0) is 43.7 Å². The van der Waals surface area contributed by atoms with Gasteiger partial charge in [0.15, 0.2) is 0 Å². The first-order valence-corrected chi connectivity index (χ1v) is 6.52. The van der Waals surface area contributed by atoms with Crippen molar-refractivity contribution in [3.63, 3.8) is 0 Å². The fourth-order valence-corrected chi connectivity index (χ4v) is 2.13. The molecular formula is C14H22ClNO. The van der Waals surface area contributed by atoms with Crippen LogP contribution in [-0.4, -0.2) is 19.7 Å². The van der Waals surface area contributed by atoms with Gasteiger partial charge in [0, 0.05) is 17.5 Å². The number of rotatable bonds is 6. The molecule has 2 nitrogen and oxygen atoms in total. The molecule has 1 atom stereocenters. The van der Waals surface area contributed by atoms with Gasteiger partial charge in [-0.25, -0.2) is 0 Å². The zero-order chi connectivity index (χ0) is 12.8. The van der Waals surface area contributed by atoms with E-state index in [1.165, 1.54) is 0 Å². The van der Waals surface area contributed by atoms with Gasteiger partial charge in [0.25, 0.3) is 0 Å². The minimum absolute atomic E-state index is 0.504. The summed E-state index contributed by atoms with van der Waals surface area (Å²) in [6.07, 6.45) is 0. The molecule has 0 aliphatic rings. The molecule has 0 bridgehead atoms. The molecule has 1 N–H and O–H groups in total. The standard InChI is InChI=1S/C14H22ClNO/c1-5-16-8-10(2)9-17-14-11(3)6-13(15)7-12(14)4/h6-7,10,16H,5,8-9H2,1-4H3. The molecule has 1 aromatic carbocycles. The molecule has 0 aliphatic carbocycles. The summed E-state index contributed by atoms with van der Waals surface area (Å²) in [5.41, 5.74) is 2.20. The molecule has 1 aromatic rings. The quantitative estimate of drug-likeness (QED) is 0.839. The van der Waals surface area contributed by atoms with Crippen molar-refractivity contribution in [1.82, 2.24) is 5.32 Å². The Labute approximate surface area is 109 Å². The van der Waals surface area contributed by atoms with E-state index in [0.717, 1.165) is 41.6 Å². The van der Waals surface area contributed by atoms with E-state index in [1.54, 1.807) is 0 Å². The first-order valence-electron chi connectivity index (χ1n) is 6.14. The summed E-state index contributed by atoms with van der Waals surface area (Å²) in [5, 5.41) is 4.09. The van der Waals surface area contributed by atoms with Crippen LogP contribution >= 0.6 is 11.6 Å². The average molecular weight is 256 g/mol. The van der Waals surface area contributed by atoms with Gasteiger partial charge in [0.1, 0.15) is 5.75 Å². The minimum Gasteiger partial charge on any atom is -0.493 e. The van der Waals surface area contributed by atoms with Crippen LogP contribution in [0.2, 0.25) is 5.02 Å². The number of hydrogen-bond donors (Lipinski definition) is 1. The number of hydrogen-bond acceptors (Lipinski definition) is 2. The summed E-state index contributed by atoms with van der Waals surface area (Å²) in [6.45, 7) is 11.1. The Morgan fingerprint density at radius 3 is 2.41 bits per heavy atom. The SMILES string of the molecule is CCNCC(C)COc1c(C)cc(Cl)cc1C. The third-order valence-electron chi connectivity index (χ3n) is 2.68. The fourth-order valence-electron chi connectivity index (χ4n) is 1.80. The topological polar surface area (TPSA) is 21.3 Å². The highest BCUT2D eigenvalue weighted by atomic mass is 35.5. The highest BCUT2D eigenvalue weighted by molar-refractivity contribution is 6.30. The lowest BCUT2D eigenvalue weighted by Gasteiger charge is -2.16. The molecule has 3 heteroatoms. The molecule has 0 heterocycles. The molecule has 0 aromatic heterocycles. The van der Waals surface area contributed by atoms with Crippen LogP contribution in [0.4, 0.5) is 0 Å². The van der Waals surface area contributed by atoms with E-state index in [4.69, 9.17) is 16.3 Å². The van der Waals surface area contributed by atoms with Crippen molar-refractivity contribution in [1.29, 1.82) is 0 Å². The number of halogens is 1. The maximum atomic E-state index is 5.99. The summed E-state index contributed by atoms with van der Waals surface area (Å²) < 4.78 is 5.88. The number of benzene rings is 1. The van der Waals surface area contributed by atoms with Crippen LogP contribution in [-0.2, 0) is 0 Å². The highest BCUT2D eigenvalue weighted by Gasteiger charge is 2.08. The first kappa shape index (κ1) is 14.3. The van der Waals surface area contributed by atoms with E-state index >= 15 is 0 Å². The number of nitrogens with one attached hydrogen (secondary N) is 1. The monoisotopic (exact) mass is 255 g/mol. The molecule has 17 heavy (non-hydrogen) atoms. The fraction of sp³-hybridized carbons (Fsp3) is 0.571. The molecular weight excluding hydrogens is 234 g/mol. The van der Waals surface area contributed by atoms with E-state index in [0.29, 0.717) is 5.92 Å². The van der Waals surface area contributed by atoms with Crippen LogP contribution < -0.4 is 10.1 Å². The van der Waals surface area contributed by atoms with Gasteiger partial charge in [0.05, 0.1) is 6.61 Å². The molecule has 0 amide bonds. The van der Waals surface area contributed by atoms with Crippen LogP contribution in [0.25, 0.3) is 0 Å². The molecule has 0 aliphatic heterocycles. The summed E-state index contributed by atoms with van der Waals surface area (Å²) >= 11 is 5.99. The van der Waals surface area contributed by atoms with Crippen molar-refractivity contribution in [2.75, 3.05) is 19.7 Å². The van der Waals surface area contributed by atoms with Crippen LogP contribution in [0.15, 0.2) is 12.1 Å². The molecule has 0 radical (unpaired) electrons. The van der Waals surface area contributed by atoms with Crippen molar-refractivity contribution in [3.8, 4) is 5.75 Å². The van der Waals surface area contributed by atoms with Crippen molar-refractivity contribution in [3.05, 3.63) is 28.3 Å². The summed E-state index contributed by atoms with van der Waals surface area (Å²) in [4.78, 5) is 0. The van der Waals surface area contributed by atoms with Gasteiger partial charge >= 0.3 is 0 Å². The maximum absolute atomic E-state index is 5.99. The van der Waals surface area contributed by atoms with E-state index in [9.17, 15) is 0 Å². The van der Waals surface area contributed by atoms with Crippen LogP contribution in [0.5, 0.6) is 5.75 Å². The molecule has 0 saturated heterocycles. The molecule has 1 rings (SSSR count). The molecule has 0 spiro atoms. The number of aryl methyl sites for hydroxylation is 2. The van der Waals surface area contributed by atoms with Crippen LogP contribution in [0.3, 0.4) is 0 Å². The third-order valence-corrected chi connectivity index (χ3v) is 2.90. The van der Waals surface area contributed by atoms with Crippen molar-refractivity contribution in [2.24, 2.45) is 5.92 Å². The van der Waals surface area contributed by atoms with Crippen LogP contribution in [0, 0.1) is 19.8 Å². The zero-order valence-electron chi connectivity index (χ0n) is 11.1. The van der Waals surface area contributed by atoms with Gasteiger partial charge < -0.3 is 10.1 Å². The normalized spacial score (nSPS) is 12.5. The van der Waals surface area contributed by atoms with Gasteiger partial charge in [-0.15, -0.1) is 0 Å². The second kappa shape index (κ2) is 6.87. The van der Waals surface area contributed by atoms with Crippen LogP contribution in [0.1, 0.15) is 25.0 Å². The van der Waals surface area contributed by atoms with Crippen molar-refractivity contribution in [2.45, 2.75) is 27.7 Å². The average Bonchev–Trinajstić information content (AvgIpc) is 2.24.